The van der Waals surface area contributed by atoms with Crippen LogP contribution in [0.15, 0.2) is 46.8 Å². The number of hydrogen-bond acceptors (Lipinski definition) is 6. The Morgan fingerprint density at radius 1 is 1.30 bits per heavy atom. The summed E-state index contributed by atoms with van der Waals surface area (Å²) in [7, 11) is 0. The Balaban J connectivity index is 1.87. The molecule has 1 fully saturated rings. The van der Waals surface area contributed by atoms with E-state index in [2.05, 4.69) is 35.6 Å². The van der Waals surface area contributed by atoms with Crippen molar-refractivity contribution in [3.05, 3.63) is 57.4 Å². The molecule has 0 bridgehead atoms. The molecular formula is C19H19ClN4OS2. The number of amidine groups is 1. The third-order valence-corrected chi connectivity index (χ3v) is 5.70. The van der Waals surface area contributed by atoms with E-state index in [9.17, 15) is 4.79 Å². The van der Waals surface area contributed by atoms with Crippen LogP contribution < -0.4 is 0 Å². The highest BCUT2D eigenvalue weighted by atomic mass is 35.5. The normalized spacial score (nSPS) is 17.5. The molecule has 8 heteroatoms. The van der Waals surface area contributed by atoms with Crippen molar-refractivity contribution in [1.82, 2.24) is 15.1 Å². The molecule has 0 saturated carbocycles. The summed E-state index contributed by atoms with van der Waals surface area (Å²) in [4.78, 5) is 19.5. The highest BCUT2D eigenvalue weighted by molar-refractivity contribution is 8.18. The van der Waals surface area contributed by atoms with Gasteiger partial charge in [0.05, 0.1) is 4.91 Å². The highest BCUT2D eigenvalue weighted by Gasteiger charge is 2.32. The summed E-state index contributed by atoms with van der Waals surface area (Å²) >= 11 is 8.71. The van der Waals surface area contributed by atoms with E-state index in [0.29, 0.717) is 32.7 Å². The molecule has 1 aromatic carbocycles. The van der Waals surface area contributed by atoms with Crippen LogP contribution in [0.25, 0.3) is 6.08 Å². The van der Waals surface area contributed by atoms with Gasteiger partial charge in [-0.05, 0) is 41.5 Å². The molecule has 0 spiro atoms. The third kappa shape index (κ3) is 5.06. The summed E-state index contributed by atoms with van der Waals surface area (Å²) < 4.78 is 0. The number of nitrogens with zero attached hydrogens (tertiary/aromatic N) is 4. The average Bonchev–Trinajstić information content (AvgIpc) is 3.16. The summed E-state index contributed by atoms with van der Waals surface area (Å²) in [5.74, 6) is 0.410. The van der Waals surface area contributed by atoms with Crippen LogP contribution in [0.3, 0.4) is 0 Å². The maximum Gasteiger partial charge on any atom is 0.267 e. The highest BCUT2D eigenvalue weighted by Crippen LogP contribution is 2.35. The van der Waals surface area contributed by atoms with Crippen LogP contribution in [-0.4, -0.2) is 32.7 Å². The molecule has 27 heavy (non-hydrogen) atoms. The lowest BCUT2D eigenvalue weighted by Crippen LogP contribution is -2.29. The molecular weight excluding hydrogens is 400 g/mol. The van der Waals surface area contributed by atoms with Crippen LogP contribution in [0.5, 0.6) is 0 Å². The fourth-order valence-electron chi connectivity index (χ4n) is 2.40. The SMILES string of the molecule is C=CCN1C(=O)/C(=C\c2ccc(Cl)cc2)SC1=Nc1nnc(CC(C)C)s1. The smallest absolute Gasteiger partial charge is 0.267 e. The summed E-state index contributed by atoms with van der Waals surface area (Å²) in [6.45, 7) is 8.40. The zero-order valence-electron chi connectivity index (χ0n) is 15.1. The second-order valence-electron chi connectivity index (χ2n) is 6.34. The molecule has 1 aromatic heterocycles. The van der Waals surface area contributed by atoms with Crippen LogP contribution in [0.2, 0.25) is 5.02 Å². The van der Waals surface area contributed by atoms with Crippen molar-refractivity contribution in [3.8, 4) is 0 Å². The molecule has 2 aromatic rings. The molecule has 0 N–H and O–H groups in total. The van der Waals surface area contributed by atoms with Gasteiger partial charge in [0.25, 0.3) is 5.91 Å². The van der Waals surface area contributed by atoms with Gasteiger partial charge >= 0.3 is 0 Å². The lowest BCUT2D eigenvalue weighted by Gasteiger charge is -2.11. The van der Waals surface area contributed by atoms with Crippen molar-refractivity contribution in [2.75, 3.05) is 6.54 Å². The fraction of sp³-hybridized carbons (Fsp3) is 0.263. The lowest BCUT2D eigenvalue weighted by atomic mass is 10.1. The van der Waals surface area contributed by atoms with Crippen LogP contribution in [0.1, 0.15) is 24.4 Å². The molecule has 140 valence electrons. The summed E-state index contributed by atoms with van der Waals surface area (Å²) in [5, 5.41) is 11.1. The molecule has 2 heterocycles. The number of carbonyl (C=O) groups is 1. The average molecular weight is 419 g/mol. The van der Waals surface area contributed by atoms with Crippen molar-refractivity contribution in [1.29, 1.82) is 0 Å². The minimum atomic E-state index is -0.0967. The number of carbonyl (C=O) groups excluding carboxylic acids is 1. The van der Waals surface area contributed by atoms with E-state index in [1.165, 1.54) is 23.1 Å². The topological polar surface area (TPSA) is 58.5 Å². The minimum absolute atomic E-state index is 0.0967. The van der Waals surface area contributed by atoms with Gasteiger partial charge in [-0.15, -0.1) is 16.8 Å². The summed E-state index contributed by atoms with van der Waals surface area (Å²) in [6, 6.07) is 7.34. The minimum Gasteiger partial charge on any atom is -0.282 e. The zero-order valence-corrected chi connectivity index (χ0v) is 17.4. The summed E-state index contributed by atoms with van der Waals surface area (Å²) in [6.07, 6.45) is 4.39. The molecule has 0 aliphatic carbocycles. The number of hydrogen-bond donors (Lipinski definition) is 0. The first kappa shape index (κ1) is 19.8. The molecule has 1 aliphatic rings. The molecule has 1 saturated heterocycles. The van der Waals surface area contributed by atoms with Crippen molar-refractivity contribution in [2.24, 2.45) is 10.9 Å². The Bertz CT molecular complexity index is 903. The van der Waals surface area contributed by atoms with E-state index in [0.717, 1.165) is 17.0 Å². The van der Waals surface area contributed by atoms with Gasteiger partial charge in [0.2, 0.25) is 5.13 Å². The fourth-order valence-corrected chi connectivity index (χ4v) is 4.49. The van der Waals surface area contributed by atoms with E-state index in [1.807, 2.05) is 18.2 Å². The van der Waals surface area contributed by atoms with E-state index < -0.39 is 0 Å². The van der Waals surface area contributed by atoms with Gasteiger partial charge in [-0.1, -0.05) is 55.0 Å². The van der Waals surface area contributed by atoms with Gasteiger partial charge in [-0.2, -0.15) is 4.99 Å². The maximum absolute atomic E-state index is 12.8. The largest absolute Gasteiger partial charge is 0.282 e. The molecule has 1 amide bonds. The van der Waals surface area contributed by atoms with Gasteiger partial charge in [0.15, 0.2) is 5.17 Å². The number of amides is 1. The Hall–Kier alpha value is -1.96. The molecule has 1 aliphatic heterocycles. The molecule has 0 radical (unpaired) electrons. The molecule has 5 nitrogen and oxygen atoms in total. The maximum atomic E-state index is 12.8. The Labute approximate surface area is 171 Å². The van der Waals surface area contributed by atoms with Crippen molar-refractivity contribution < 1.29 is 4.79 Å². The second-order valence-corrected chi connectivity index (χ2v) is 8.82. The van der Waals surface area contributed by atoms with Crippen LogP contribution >= 0.6 is 34.7 Å². The predicted octanol–water partition coefficient (Wildman–Crippen LogP) is 5.18. The van der Waals surface area contributed by atoms with E-state index in [1.54, 1.807) is 23.1 Å². The van der Waals surface area contributed by atoms with Gasteiger partial charge in [0, 0.05) is 18.0 Å². The standard InChI is InChI=1S/C19H19ClN4OS2/c1-4-9-24-17(25)15(11-13-5-7-14(20)8-6-13)26-19(24)21-18-23-22-16(27-18)10-12(2)3/h4-8,11-12H,1,9-10H2,2-3H3/b15-11+,21-19?. The van der Waals surface area contributed by atoms with Crippen molar-refractivity contribution >= 4 is 57.0 Å². The first-order valence-electron chi connectivity index (χ1n) is 8.45. The first-order chi connectivity index (χ1) is 13.0. The van der Waals surface area contributed by atoms with Crippen molar-refractivity contribution in [2.45, 2.75) is 20.3 Å². The van der Waals surface area contributed by atoms with Crippen LogP contribution in [0.4, 0.5) is 5.13 Å². The van der Waals surface area contributed by atoms with Gasteiger partial charge in [-0.3, -0.25) is 9.69 Å². The van der Waals surface area contributed by atoms with E-state index in [4.69, 9.17) is 11.6 Å². The number of thioether (sulfide) groups is 1. The monoisotopic (exact) mass is 418 g/mol. The lowest BCUT2D eigenvalue weighted by molar-refractivity contribution is -0.121. The van der Waals surface area contributed by atoms with Crippen LogP contribution in [0, 0.1) is 5.92 Å². The van der Waals surface area contributed by atoms with Gasteiger partial charge in [-0.25, -0.2) is 0 Å². The van der Waals surface area contributed by atoms with Gasteiger partial charge in [0.1, 0.15) is 5.01 Å². The summed E-state index contributed by atoms with van der Waals surface area (Å²) in [5.41, 5.74) is 0.908. The quantitative estimate of drug-likeness (QED) is 0.479. The van der Waals surface area contributed by atoms with E-state index >= 15 is 0 Å². The number of halogens is 1. The first-order valence-corrected chi connectivity index (χ1v) is 10.5. The molecule has 0 unspecified atom stereocenters. The number of aliphatic imine (C=N–C) groups is 1. The molecule has 0 atom stereocenters. The molecule has 3 rings (SSSR count). The number of benzene rings is 1. The zero-order chi connectivity index (χ0) is 19.4. The Kier molecular flexibility index (Phi) is 6.46. The Morgan fingerprint density at radius 3 is 2.70 bits per heavy atom. The van der Waals surface area contributed by atoms with Gasteiger partial charge < -0.3 is 0 Å². The van der Waals surface area contributed by atoms with Crippen LogP contribution in [-0.2, 0) is 11.2 Å². The second kappa shape index (κ2) is 8.82. The number of rotatable bonds is 6. The third-order valence-electron chi connectivity index (χ3n) is 3.60. The van der Waals surface area contributed by atoms with Crippen molar-refractivity contribution in [3.63, 3.8) is 0 Å². The van der Waals surface area contributed by atoms with E-state index in [-0.39, 0.29) is 5.91 Å². The Morgan fingerprint density at radius 2 is 2.04 bits per heavy atom. The predicted molar refractivity (Wildman–Crippen MR) is 114 cm³/mol. The number of aromatic nitrogens is 2.